The molecular weight excluding hydrogens is 198 g/mol. The monoisotopic (exact) mass is 219 g/mol. The van der Waals surface area contributed by atoms with E-state index in [2.05, 4.69) is 18.7 Å². The van der Waals surface area contributed by atoms with E-state index in [0.717, 1.165) is 25.2 Å². The molecule has 1 atom stereocenters. The van der Waals surface area contributed by atoms with Crippen LogP contribution in [0, 0.1) is 5.92 Å². The number of nitrogens with zero attached hydrogens (tertiary/aromatic N) is 1. The number of carbonyl (C=O) groups excluding carboxylic acids is 1. The van der Waals surface area contributed by atoms with Gasteiger partial charge in [-0.2, -0.15) is 0 Å². The largest absolute Gasteiger partial charge is 0.303 e. The molecule has 1 aromatic carbocycles. The van der Waals surface area contributed by atoms with E-state index in [0.29, 0.717) is 0 Å². The highest BCUT2D eigenvalue weighted by Crippen LogP contribution is 2.10. The van der Waals surface area contributed by atoms with Crippen molar-refractivity contribution in [3.63, 3.8) is 0 Å². The van der Waals surface area contributed by atoms with Gasteiger partial charge in [0.1, 0.15) is 0 Å². The quantitative estimate of drug-likeness (QED) is 0.686. The van der Waals surface area contributed by atoms with E-state index in [9.17, 15) is 4.79 Å². The number of rotatable bonds is 6. The van der Waals surface area contributed by atoms with Gasteiger partial charge in [0.25, 0.3) is 0 Å². The van der Waals surface area contributed by atoms with Gasteiger partial charge in [-0.05, 0) is 13.1 Å². The van der Waals surface area contributed by atoms with Crippen LogP contribution in [-0.2, 0) is 0 Å². The summed E-state index contributed by atoms with van der Waals surface area (Å²) in [6.45, 7) is 9.12. The van der Waals surface area contributed by atoms with Gasteiger partial charge < -0.3 is 4.90 Å². The van der Waals surface area contributed by atoms with Gasteiger partial charge in [0.2, 0.25) is 0 Å². The molecule has 0 saturated carbocycles. The molecule has 0 aliphatic carbocycles. The van der Waals surface area contributed by atoms with Crippen LogP contribution in [0.25, 0.3) is 0 Å². The molecule has 0 N–H and O–H groups in total. The fraction of sp³-hybridized carbons (Fsp3) is 0.500. The Labute approximate surface area is 98.3 Å². The molecule has 0 fully saturated rings. The number of ketones is 1. The van der Waals surface area contributed by atoms with E-state index >= 15 is 0 Å². The van der Waals surface area contributed by atoms with Crippen LogP contribution >= 0.6 is 0 Å². The van der Waals surface area contributed by atoms with E-state index in [1.165, 1.54) is 0 Å². The van der Waals surface area contributed by atoms with Crippen LogP contribution in [0.4, 0.5) is 0 Å². The third-order valence-corrected chi connectivity index (χ3v) is 2.93. The topological polar surface area (TPSA) is 20.3 Å². The van der Waals surface area contributed by atoms with Gasteiger partial charge in [-0.3, -0.25) is 4.79 Å². The minimum absolute atomic E-state index is 0.0716. The van der Waals surface area contributed by atoms with Crippen molar-refractivity contribution >= 4 is 5.78 Å². The second-order valence-corrected chi connectivity index (χ2v) is 4.12. The molecule has 0 amide bonds. The van der Waals surface area contributed by atoms with Crippen molar-refractivity contribution in [1.29, 1.82) is 0 Å². The van der Waals surface area contributed by atoms with Crippen LogP contribution < -0.4 is 0 Å². The second kappa shape index (κ2) is 6.44. The van der Waals surface area contributed by atoms with Gasteiger partial charge >= 0.3 is 0 Å². The number of hydrogen-bond donors (Lipinski definition) is 0. The molecule has 0 radical (unpaired) electrons. The van der Waals surface area contributed by atoms with Crippen LogP contribution in [0.5, 0.6) is 0 Å². The average molecular weight is 219 g/mol. The summed E-state index contributed by atoms with van der Waals surface area (Å²) < 4.78 is 0. The molecule has 2 nitrogen and oxygen atoms in total. The summed E-state index contributed by atoms with van der Waals surface area (Å²) in [5.74, 6) is 0.315. The Kier molecular flexibility index (Phi) is 5.20. The van der Waals surface area contributed by atoms with Crippen LogP contribution in [0.2, 0.25) is 0 Å². The van der Waals surface area contributed by atoms with Gasteiger partial charge in [0, 0.05) is 18.0 Å². The molecule has 0 heterocycles. The van der Waals surface area contributed by atoms with Crippen LogP contribution in [0.3, 0.4) is 0 Å². The van der Waals surface area contributed by atoms with Gasteiger partial charge in [-0.25, -0.2) is 0 Å². The second-order valence-electron chi connectivity index (χ2n) is 4.12. The first-order chi connectivity index (χ1) is 7.69. The first-order valence-corrected chi connectivity index (χ1v) is 6.00. The lowest BCUT2D eigenvalue weighted by atomic mass is 9.99. The Balaban J connectivity index is 2.61. The summed E-state index contributed by atoms with van der Waals surface area (Å²) in [5.41, 5.74) is 0.821. The van der Waals surface area contributed by atoms with Crippen LogP contribution in [-0.4, -0.2) is 30.3 Å². The van der Waals surface area contributed by atoms with Gasteiger partial charge in [0.05, 0.1) is 0 Å². The maximum Gasteiger partial charge on any atom is 0.166 e. The van der Waals surface area contributed by atoms with Crippen LogP contribution in [0.1, 0.15) is 31.1 Å². The minimum atomic E-state index is 0.0716. The fourth-order valence-corrected chi connectivity index (χ4v) is 1.84. The molecule has 1 rings (SSSR count). The zero-order chi connectivity index (χ0) is 12.0. The Morgan fingerprint density at radius 2 is 1.75 bits per heavy atom. The standard InChI is InChI=1S/C14H21NO/c1-4-15(5-2)11-12(3)14(16)13-9-7-6-8-10-13/h6-10,12H,4-5,11H2,1-3H3. The molecule has 88 valence electrons. The highest BCUT2D eigenvalue weighted by atomic mass is 16.1. The summed E-state index contributed by atoms with van der Waals surface area (Å²) in [4.78, 5) is 14.4. The van der Waals surface area contributed by atoms with Crippen LogP contribution in [0.15, 0.2) is 30.3 Å². The van der Waals surface area contributed by atoms with Crippen molar-refractivity contribution in [2.45, 2.75) is 20.8 Å². The lowest BCUT2D eigenvalue weighted by Gasteiger charge is -2.21. The molecule has 0 aromatic heterocycles. The fourth-order valence-electron chi connectivity index (χ4n) is 1.84. The number of benzene rings is 1. The van der Waals surface area contributed by atoms with E-state index in [-0.39, 0.29) is 11.7 Å². The molecule has 1 aromatic rings. The normalized spacial score (nSPS) is 12.8. The smallest absolute Gasteiger partial charge is 0.166 e. The van der Waals surface area contributed by atoms with Gasteiger partial charge in [-0.15, -0.1) is 0 Å². The van der Waals surface area contributed by atoms with Crippen molar-refractivity contribution in [3.05, 3.63) is 35.9 Å². The summed E-state index contributed by atoms with van der Waals surface area (Å²) in [7, 11) is 0. The first kappa shape index (κ1) is 12.9. The molecule has 0 aliphatic rings. The van der Waals surface area contributed by atoms with Crippen molar-refractivity contribution < 1.29 is 4.79 Å². The predicted molar refractivity (Wildman–Crippen MR) is 67.7 cm³/mol. The Morgan fingerprint density at radius 1 is 1.19 bits per heavy atom. The zero-order valence-electron chi connectivity index (χ0n) is 10.4. The van der Waals surface area contributed by atoms with E-state index < -0.39 is 0 Å². The summed E-state index contributed by atoms with van der Waals surface area (Å²) in [6.07, 6.45) is 0. The van der Waals surface area contributed by atoms with Gasteiger partial charge in [-0.1, -0.05) is 51.1 Å². The molecule has 0 spiro atoms. The molecule has 2 heteroatoms. The van der Waals surface area contributed by atoms with Crippen molar-refractivity contribution in [2.75, 3.05) is 19.6 Å². The van der Waals surface area contributed by atoms with E-state index in [4.69, 9.17) is 0 Å². The first-order valence-electron chi connectivity index (χ1n) is 6.00. The van der Waals surface area contributed by atoms with Gasteiger partial charge in [0.15, 0.2) is 5.78 Å². The number of Topliss-reactive ketones (excluding diaryl/α,β-unsaturated/α-hetero) is 1. The number of carbonyl (C=O) groups is 1. The summed E-state index contributed by atoms with van der Waals surface area (Å²) in [5, 5.41) is 0. The molecule has 16 heavy (non-hydrogen) atoms. The van der Waals surface area contributed by atoms with E-state index in [1.807, 2.05) is 37.3 Å². The third kappa shape index (κ3) is 3.46. The maximum absolute atomic E-state index is 12.1. The summed E-state index contributed by atoms with van der Waals surface area (Å²) in [6, 6.07) is 9.54. The average Bonchev–Trinajstić information content (AvgIpc) is 2.35. The lowest BCUT2D eigenvalue weighted by Crippen LogP contribution is -2.31. The van der Waals surface area contributed by atoms with E-state index in [1.54, 1.807) is 0 Å². The molecule has 0 aliphatic heterocycles. The molecule has 0 saturated heterocycles. The molecule has 1 unspecified atom stereocenters. The highest BCUT2D eigenvalue weighted by Gasteiger charge is 2.16. The highest BCUT2D eigenvalue weighted by molar-refractivity contribution is 5.97. The van der Waals surface area contributed by atoms with Crippen molar-refractivity contribution in [1.82, 2.24) is 4.90 Å². The number of hydrogen-bond acceptors (Lipinski definition) is 2. The molecule has 0 bridgehead atoms. The van der Waals surface area contributed by atoms with Crippen molar-refractivity contribution in [3.8, 4) is 0 Å². The summed E-state index contributed by atoms with van der Waals surface area (Å²) >= 11 is 0. The molecular formula is C14H21NO. The Bertz CT molecular complexity index is 317. The predicted octanol–water partition coefficient (Wildman–Crippen LogP) is 2.85. The van der Waals surface area contributed by atoms with Crippen molar-refractivity contribution in [2.24, 2.45) is 5.92 Å². The zero-order valence-corrected chi connectivity index (χ0v) is 10.4. The SMILES string of the molecule is CCN(CC)CC(C)C(=O)c1ccccc1. The Morgan fingerprint density at radius 3 is 2.25 bits per heavy atom. The Hall–Kier alpha value is -1.15. The maximum atomic E-state index is 12.1. The third-order valence-electron chi connectivity index (χ3n) is 2.93. The lowest BCUT2D eigenvalue weighted by molar-refractivity contribution is 0.0898. The minimum Gasteiger partial charge on any atom is -0.303 e.